The Hall–Kier alpha value is -5.53. The molecule has 0 radical (unpaired) electrons. The van der Waals surface area contributed by atoms with E-state index in [1.54, 1.807) is 68.4 Å². The maximum Gasteiger partial charge on any atom is 0.410 e. The van der Waals surface area contributed by atoms with Crippen LogP contribution < -0.4 is 21.3 Å². The van der Waals surface area contributed by atoms with E-state index in [0.717, 1.165) is 4.90 Å². The topological polar surface area (TPSA) is 325 Å². The van der Waals surface area contributed by atoms with Gasteiger partial charge >= 0.3 is 24.4 Å². The quantitative estimate of drug-likeness (QED) is 0.0798. The summed E-state index contributed by atoms with van der Waals surface area (Å²) in [4.78, 5) is 77.3. The molecule has 11 atom stereocenters. The minimum Gasteiger partial charge on any atom is -0.491 e. The van der Waals surface area contributed by atoms with Crippen LogP contribution in [0, 0.1) is 16.0 Å². The smallest absolute Gasteiger partial charge is 0.410 e. The van der Waals surface area contributed by atoms with Gasteiger partial charge in [-0.1, -0.05) is 0 Å². The Labute approximate surface area is 394 Å². The molecule has 2 heterocycles. The van der Waals surface area contributed by atoms with Crippen LogP contribution in [-0.4, -0.2) is 165 Å². The number of hydrogen-bond acceptors (Lipinski definition) is 18. The van der Waals surface area contributed by atoms with Gasteiger partial charge in [-0.2, -0.15) is 0 Å². The minimum absolute atomic E-state index is 0.00948. The molecule has 2 fully saturated rings. The lowest BCUT2D eigenvalue weighted by Crippen LogP contribution is -2.71. The third-order valence-electron chi connectivity index (χ3n) is 10.8. The third kappa shape index (κ3) is 15.8. The second-order valence-corrected chi connectivity index (χ2v) is 20.1. The van der Waals surface area contributed by atoms with Gasteiger partial charge in [0.25, 0.3) is 5.69 Å². The van der Waals surface area contributed by atoms with Gasteiger partial charge < -0.3 is 79.8 Å². The Morgan fingerprint density at radius 2 is 1.43 bits per heavy atom. The molecular weight excluding hydrogens is 901 g/mol. The van der Waals surface area contributed by atoms with Gasteiger partial charge in [0.15, 0.2) is 6.29 Å². The number of nitrogens with zero attached hydrogens (tertiary/aromatic N) is 2. The number of carbonyl (C=O) groups excluding carboxylic acids is 5. The van der Waals surface area contributed by atoms with E-state index >= 15 is 0 Å². The number of rotatable bonds is 13. The average Bonchev–Trinajstić information content (AvgIpc) is 3.19. The van der Waals surface area contributed by atoms with Gasteiger partial charge in [0.2, 0.25) is 5.91 Å². The second kappa shape index (κ2) is 22.3. The van der Waals surface area contributed by atoms with Crippen LogP contribution in [0.1, 0.15) is 87.6 Å². The highest BCUT2D eigenvalue weighted by molar-refractivity contribution is 5.77. The average molecular weight is 969 g/mol. The summed E-state index contributed by atoms with van der Waals surface area (Å²) in [6, 6.07) is 0.514. The van der Waals surface area contributed by atoms with E-state index in [2.05, 4.69) is 21.3 Å². The molecule has 0 spiro atoms. The Morgan fingerprint density at radius 1 is 0.853 bits per heavy atom. The van der Waals surface area contributed by atoms with E-state index in [-0.39, 0.29) is 37.4 Å². The van der Waals surface area contributed by atoms with Crippen LogP contribution >= 0.6 is 0 Å². The van der Waals surface area contributed by atoms with Crippen LogP contribution in [0.5, 0.6) is 0 Å². The van der Waals surface area contributed by atoms with Crippen molar-refractivity contribution in [3.63, 3.8) is 0 Å². The van der Waals surface area contributed by atoms with Crippen molar-refractivity contribution in [2.45, 2.75) is 166 Å². The number of benzene rings is 1. The number of alkyl carbamates (subject to hydrolysis) is 3. The van der Waals surface area contributed by atoms with Gasteiger partial charge in [-0.05, 0) is 106 Å². The molecule has 3 aliphatic rings. The fourth-order valence-electron chi connectivity index (χ4n) is 8.02. The number of non-ortho nitro benzene ring substituents is 1. The minimum atomic E-state index is -1.87. The van der Waals surface area contributed by atoms with Crippen molar-refractivity contribution in [2.24, 2.45) is 5.92 Å². The predicted molar refractivity (Wildman–Crippen MR) is 237 cm³/mol. The normalized spacial score (nSPS) is 28.6. The SMILES string of the molecule is CN(C(=O)OC(C)(C)C)[C@@H]1[C@@H](O)[C@@H](O[C@H]2[C@H](NC(=O)CO)C[C@H](NC(=O)OC(C)(C)C)C([C@H]3OC(CNC(=O)OCc4ccc([N+](=O)[O-])cc4)=CC[C@H]3NC(=O)OC(C)(C)C)[C@@H]2O)OC[C@]1(C)O. The second-order valence-electron chi connectivity index (χ2n) is 20.1. The number of aliphatic hydroxyl groups is 4. The Morgan fingerprint density at radius 3 is 1.97 bits per heavy atom. The molecule has 1 unspecified atom stereocenters. The van der Waals surface area contributed by atoms with Crippen LogP contribution in [0.3, 0.4) is 0 Å². The highest BCUT2D eigenvalue weighted by Crippen LogP contribution is 2.39. The van der Waals surface area contributed by atoms with Gasteiger partial charge in [0, 0.05) is 31.1 Å². The number of nitrogens with one attached hydrogen (secondary N) is 4. The molecule has 1 aliphatic carbocycles. The molecule has 8 N–H and O–H groups in total. The van der Waals surface area contributed by atoms with Crippen molar-refractivity contribution >= 4 is 36.0 Å². The maximum atomic E-state index is 13.5. The molecule has 0 aromatic heterocycles. The highest BCUT2D eigenvalue weighted by Gasteiger charge is 2.56. The molecule has 1 aromatic carbocycles. The maximum absolute atomic E-state index is 13.5. The summed E-state index contributed by atoms with van der Waals surface area (Å²) < 4.78 is 40.6. The fourth-order valence-corrected chi connectivity index (χ4v) is 8.02. The first-order valence-electron chi connectivity index (χ1n) is 22.1. The number of hydrogen-bond donors (Lipinski definition) is 8. The molecule has 1 saturated heterocycles. The van der Waals surface area contributed by atoms with E-state index in [4.69, 9.17) is 33.2 Å². The van der Waals surface area contributed by atoms with Crippen LogP contribution in [0.2, 0.25) is 0 Å². The number of carbonyl (C=O) groups is 5. The molecular formula is C44H68N6O18. The molecule has 1 aromatic rings. The molecule has 24 nitrogen and oxygen atoms in total. The summed E-state index contributed by atoms with van der Waals surface area (Å²) in [6.07, 6.45) is -10.5. The summed E-state index contributed by atoms with van der Waals surface area (Å²) in [5, 5.41) is 67.4. The van der Waals surface area contributed by atoms with Gasteiger partial charge in [0.1, 0.15) is 59.7 Å². The van der Waals surface area contributed by atoms with Gasteiger partial charge in [0.05, 0.1) is 42.3 Å². The number of amides is 5. The summed E-state index contributed by atoms with van der Waals surface area (Å²) in [5.41, 5.74) is -4.44. The first kappa shape index (κ1) is 55.1. The van der Waals surface area contributed by atoms with E-state index in [1.807, 2.05) is 0 Å². The Bertz CT molecular complexity index is 1980. The lowest BCUT2D eigenvalue weighted by atomic mass is 9.72. The predicted octanol–water partition coefficient (Wildman–Crippen LogP) is 2.23. The largest absolute Gasteiger partial charge is 0.491 e. The van der Waals surface area contributed by atoms with E-state index in [1.165, 1.54) is 38.2 Å². The van der Waals surface area contributed by atoms with E-state index in [0.29, 0.717) is 5.56 Å². The molecule has 382 valence electrons. The fraction of sp³-hybridized carbons (Fsp3) is 0.705. The van der Waals surface area contributed by atoms with Crippen LogP contribution in [0.4, 0.5) is 24.9 Å². The summed E-state index contributed by atoms with van der Waals surface area (Å²) in [6.45, 7) is 14.0. The van der Waals surface area contributed by atoms with Crippen LogP contribution in [-0.2, 0) is 44.6 Å². The lowest BCUT2D eigenvalue weighted by molar-refractivity contribution is -0.384. The summed E-state index contributed by atoms with van der Waals surface area (Å²) >= 11 is 0. The van der Waals surface area contributed by atoms with Crippen molar-refractivity contribution in [3.05, 3.63) is 51.8 Å². The first-order valence-corrected chi connectivity index (χ1v) is 22.1. The van der Waals surface area contributed by atoms with E-state index < -0.39 is 132 Å². The number of likely N-dealkylation sites (N-methyl/N-ethyl adjacent to an activating group) is 1. The monoisotopic (exact) mass is 968 g/mol. The lowest BCUT2D eigenvalue weighted by Gasteiger charge is -2.52. The first-order chi connectivity index (χ1) is 31.4. The zero-order valence-electron chi connectivity index (χ0n) is 40.3. The molecule has 68 heavy (non-hydrogen) atoms. The van der Waals surface area contributed by atoms with E-state index in [9.17, 15) is 54.5 Å². The summed E-state index contributed by atoms with van der Waals surface area (Å²) in [7, 11) is 1.30. The van der Waals surface area contributed by atoms with Crippen molar-refractivity contribution in [1.29, 1.82) is 0 Å². The molecule has 0 bridgehead atoms. The Balaban J connectivity index is 1.72. The molecule has 24 heteroatoms. The van der Waals surface area contributed by atoms with Crippen LogP contribution in [0.25, 0.3) is 0 Å². The van der Waals surface area contributed by atoms with Gasteiger partial charge in [-0.25, -0.2) is 19.2 Å². The van der Waals surface area contributed by atoms with Crippen molar-refractivity contribution < 1.29 is 82.5 Å². The standard InChI is InChI=1S/C44H68N6O18/c1-41(2,3)66-38(56)47-26-17-16-25(19-45-37(55)62-21-23-12-14-24(15-13-23)50(60)61)64-33(26)30-27(48-39(57)67-42(4,5)6)18-28(46-29(52)20-51)34(31(30)53)65-36-32(54)35(44(10,59)22-63-36)49(11)40(58)68-43(7,8)9/h12-16,26-28,30-36,51,53-54,59H,17-22H2,1-11H3,(H,45,55)(H,46,52)(H,47,56)(H,48,57)/t26-,27+,28-,30?,31+,32-,33+,34+,35-,36-,44+/m1/s1. The number of nitro groups is 1. The van der Waals surface area contributed by atoms with Crippen molar-refractivity contribution in [1.82, 2.24) is 26.2 Å². The molecule has 2 aliphatic heterocycles. The molecule has 5 amide bonds. The van der Waals surface area contributed by atoms with Crippen molar-refractivity contribution in [3.8, 4) is 0 Å². The van der Waals surface area contributed by atoms with Crippen molar-refractivity contribution in [2.75, 3.05) is 26.8 Å². The zero-order chi connectivity index (χ0) is 51.1. The number of nitro benzene ring substituents is 1. The van der Waals surface area contributed by atoms with Gasteiger partial charge in [-0.3, -0.25) is 14.9 Å². The van der Waals surface area contributed by atoms with Gasteiger partial charge in [-0.15, -0.1) is 0 Å². The zero-order valence-corrected chi connectivity index (χ0v) is 40.3. The third-order valence-corrected chi connectivity index (χ3v) is 10.8. The molecule has 4 rings (SSSR count). The highest BCUT2D eigenvalue weighted by atomic mass is 16.7. The molecule has 1 saturated carbocycles. The summed E-state index contributed by atoms with van der Waals surface area (Å²) in [5.74, 6) is -2.09. The number of aliphatic hydroxyl groups excluding tert-OH is 3. The number of ether oxygens (including phenoxy) is 7. The Kier molecular flexibility index (Phi) is 18.0. The van der Waals surface area contributed by atoms with Crippen LogP contribution in [0.15, 0.2) is 36.1 Å².